The zero-order valence-electron chi connectivity index (χ0n) is 8.43. The van der Waals surface area contributed by atoms with E-state index in [2.05, 4.69) is 9.97 Å². The van der Waals surface area contributed by atoms with E-state index in [1.807, 2.05) is 24.3 Å². The van der Waals surface area contributed by atoms with Gasteiger partial charge in [-0.15, -0.1) is 11.8 Å². The second kappa shape index (κ2) is 5.18. The number of thioether (sulfide) groups is 1. The Morgan fingerprint density at radius 2 is 2.00 bits per heavy atom. The molecule has 0 spiro atoms. The highest BCUT2D eigenvalue weighted by atomic mass is 35.5. The van der Waals surface area contributed by atoms with Crippen LogP contribution >= 0.6 is 23.4 Å². The van der Waals surface area contributed by atoms with Crippen LogP contribution in [0.2, 0.25) is 5.02 Å². The molecule has 2 aromatic rings. The number of nitrogen functional groups attached to an aromatic ring is 1. The minimum Gasteiger partial charge on any atom is -0.382 e. The summed E-state index contributed by atoms with van der Waals surface area (Å²) in [5, 5.41) is 0.760. The van der Waals surface area contributed by atoms with Crippen molar-refractivity contribution in [2.45, 2.75) is 10.6 Å². The quantitative estimate of drug-likeness (QED) is 0.852. The molecule has 0 aliphatic carbocycles. The van der Waals surface area contributed by atoms with E-state index in [4.69, 9.17) is 17.3 Å². The Labute approximate surface area is 103 Å². The van der Waals surface area contributed by atoms with Crippen molar-refractivity contribution in [2.75, 3.05) is 5.73 Å². The summed E-state index contributed by atoms with van der Waals surface area (Å²) in [6.07, 6.45) is 3.24. The first-order valence-corrected chi connectivity index (χ1v) is 6.06. The summed E-state index contributed by atoms with van der Waals surface area (Å²) in [4.78, 5) is 9.20. The summed E-state index contributed by atoms with van der Waals surface area (Å²) in [5.41, 5.74) is 6.34. The number of rotatable bonds is 3. The largest absolute Gasteiger partial charge is 0.382 e. The van der Waals surface area contributed by atoms with Crippen LogP contribution in [-0.2, 0) is 5.75 Å². The zero-order valence-corrected chi connectivity index (χ0v) is 10.0. The van der Waals surface area contributed by atoms with Gasteiger partial charge in [-0.2, -0.15) is 0 Å². The number of hydrogen-bond acceptors (Lipinski definition) is 4. The lowest BCUT2D eigenvalue weighted by Gasteiger charge is -2.03. The molecule has 2 rings (SSSR count). The topological polar surface area (TPSA) is 51.8 Å². The Bertz CT molecular complexity index is 473. The molecule has 0 unspecified atom stereocenters. The van der Waals surface area contributed by atoms with Crippen LogP contribution in [0.15, 0.2) is 41.6 Å². The molecule has 3 nitrogen and oxygen atoms in total. The summed E-state index contributed by atoms with van der Waals surface area (Å²) in [5.74, 6) is 1.17. The predicted molar refractivity (Wildman–Crippen MR) is 67.5 cm³/mol. The third-order valence-electron chi connectivity index (χ3n) is 1.94. The van der Waals surface area contributed by atoms with Crippen LogP contribution in [0.4, 0.5) is 5.82 Å². The molecule has 1 aromatic carbocycles. The molecular weight excluding hydrogens is 242 g/mol. The molecule has 0 aliphatic heterocycles. The van der Waals surface area contributed by atoms with Crippen LogP contribution in [0.25, 0.3) is 0 Å². The number of hydrogen-bond donors (Lipinski definition) is 1. The van der Waals surface area contributed by atoms with Crippen molar-refractivity contribution in [3.05, 3.63) is 47.4 Å². The molecule has 0 aliphatic rings. The molecule has 0 atom stereocenters. The van der Waals surface area contributed by atoms with E-state index in [0.717, 1.165) is 21.4 Å². The molecule has 2 N–H and O–H groups in total. The van der Waals surface area contributed by atoms with E-state index < -0.39 is 0 Å². The zero-order chi connectivity index (χ0) is 11.4. The Hall–Kier alpha value is -1.26. The van der Waals surface area contributed by atoms with Crippen molar-refractivity contribution in [3.63, 3.8) is 0 Å². The molecule has 0 radical (unpaired) electrons. The molecule has 16 heavy (non-hydrogen) atoms. The van der Waals surface area contributed by atoms with Crippen molar-refractivity contribution >= 4 is 29.2 Å². The fourth-order valence-electron chi connectivity index (χ4n) is 1.15. The van der Waals surface area contributed by atoms with Crippen LogP contribution in [0.1, 0.15) is 5.69 Å². The van der Waals surface area contributed by atoms with E-state index in [1.54, 1.807) is 24.2 Å². The molecule has 82 valence electrons. The third-order valence-corrected chi connectivity index (χ3v) is 3.49. The normalized spacial score (nSPS) is 10.3. The standard InChI is InChI=1S/C11H10ClN3S/c12-9-3-1-2-4-10(9)16-7-8-5-15-11(13)6-14-8/h1-6H,7H2,(H2,13,15). The number of benzene rings is 1. The van der Waals surface area contributed by atoms with Gasteiger partial charge >= 0.3 is 0 Å². The Morgan fingerprint density at radius 1 is 1.19 bits per heavy atom. The lowest BCUT2D eigenvalue weighted by atomic mass is 10.4. The first kappa shape index (κ1) is 11.2. The first-order chi connectivity index (χ1) is 7.75. The smallest absolute Gasteiger partial charge is 0.141 e. The highest BCUT2D eigenvalue weighted by Gasteiger charge is 2.01. The van der Waals surface area contributed by atoms with Gasteiger partial charge in [-0.25, -0.2) is 4.98 Å². The average molecular weight is 252 g/mol. The summed E-state index contributed by atoms with van der Waals surface area (Å²) in [6.45, 7) is 0. The minimum atomic E-state index is 0.437. The number of nitrogens with two attached hydrogens (primary N) is 1. The van der Waals surface area contributed by atoms with E-state index in [-0.39, 0.29) is 0 Å². The molecule has 0 amide bonds. The molecular formula is C11H10ClN3S. The maximum absolute atomic E-state index is 6.04. The molecule has 1 heterocycles. The number of nitrogens with zero attached hydrogens (tertiary/aromatic N) is 2. The Kier molecular flexibility index (Phi) is 3.64. The summed E-state index contributed by atoms with van der Waals surface area (Å²) in [7, 11) is 0. The fourth-order valence-corrected chi connectivity index (χ4v) is 2.29. The highest BCUT2D eigenvalue weighted by Crippen LogP contribution is 2.28. The third kappa shape index (κ3) is 2.87. The number of halogens is 1. The summed E-state index contributed by atoms with van der Waals surface area (Å²) < 4.78 is 0. The minimum absolute atomic E-state index is 0.437. The van der Waals surface area contributed by atoms with Gasteiger partial charge in [-0.05, 0) is 12.1 Å². The van der Waals surface area contributed by atoms with Crippen molar-refractivity contribution in [1.82, 2.24) is 9.97 Å². The number of aromatic nitrogens is 2. The molecule has 0 bridgehead atoms. The van der Waals surface area contributed by atoms with Crippen LogP contribution in [0.3, 0.4) is 0 Å². The Morgan fingerprint density at radius 3 is 2.69 bits per heavy atom. The monoisotopic (exact) mass is 251 g/mol. The van der Waals surface area contributed by atoms with Crippen molar-refractivity contribution in [3.8, 4) is 0 Å². The van der Waals surface area contributed by atoms with Crippen LogP contribution < -0.4 is 5.73 Å². The number of anilines is 1. The predicted octanol–water partition coefficient (Wildman–Crippen LogP) is 3.00. The maximum atomic E-state index is 6.04. The lowest BCUT2D eigenvalue weighted by molar-refractivity contribution is 1.11. The van der Waals surface area contributed by atoms with Gasteiger partial charge in [-0.1, -0.05) is 23.7 Å². The van der Waals surface area contributed by atoms with Crippen LogP contribution in [0, 0.1) is 0 Å². The van der Waals surface area contributed by atoms with Gasteiger partial charge in [0.25, 0.3) is 0 Å². The second-order valence-electron chi connectivity index (χ2n) is 3.15. The molecule has 0 saturated carbocycles. The molecule has 0 saturated heterocycles. The molecule has 0 fully saturated rings. The van der Waals surface area contributed by atoms with E-state index in [1.165, 1.54) is 0 Å². The fraction of sp³-hybridized carbons (Fsp3) is 0.0909. The van der Waals surface area contributed by atoms with Crippen LogP contribution in [-0.4, -0.2) is 9.97 Å². The van der Waals surface area contributed by atoms with Crippen LogP contribution in [0.5, 0.6) is 0 Å². The molecule has 1 aromatic heterocycles. The molecule has 5 heteroatoms. The van der Waals surface area contributed by atoms with E-state index >= 15 is 0 Å². The van der Waals surface area contributed by atoms with Gasteiger partial charge in [0.15, 0.2) is 0 Å². The summed E-state index contributed by atoms with van der Waals surface area (Å²) in [6, 6.07) is 7.73. The van der Waals surface area contributed by atoms with Gasteiger partial charge in [0.05, 0.1) is 23.1 Å². The lowest BCUT2D eigenvalue weighted by Crippen LogP contribution is -1.94. The van der Waals surface area contributed by atoms with Gasteiger partial charge < -0.3 is 5.73 Å². The Balaban J connectivity index is 2.02. The summed E-state index contributed by atoms with van der Waals surface area (Å²) >= 11 is 7.67. The maximum Gasteiger partial charge on any atom is 0.141 e. The van der Waals surface area contributed by atoms with Crippen molar-refractivity contribution in [2.24, 2.45) is 0 Å². The highest BCUT2D eigenvalue weighted by molar-refractivity contribution is 7.98. The van der Waals surface area contributed by atoms with Gasteiger partial charge in [0.1, 0.15) is 5.82 Å². The van der Waals surface area contributed by atoms with Gasteiger partial charge in [0.2, 0.25) is 0 Å². The van der Waals surface area contributed by atoms with Crippen molar-refractivity contribution < 1.29 is 0 Å². The van der Waals surface area contributed by atoms with Crippen molar-refractivity contribution in [1.29, 1.82) is 0 Å². The SMILES string of the molecule is Nc1cnc(CSc2ccccc2Cl)cn1. The van der Waals surface area contributed by atoms with Gasteiger partial charge in [0, 0.05) is 10.6 Å². The second-order valence-corrected chi connectivity index (χ2v) is 4.58. The van der Waals surface area contributed by atoms with E-state index in [9.17, 15) is 0 Å². The average Bonchev–Trinajstić information content (AvgIpc) is 2.30. The van der Waals surface area contributed by atoms with E-state index in [0.29, 0.717) is 5.82 Å². The first-order valence-electron chi connectivity index (χ1n) is 4.69. The van der Waals surface area contributed by atoms with Gasteiger partial charge in [-0.3, -0.25) is 4.98 Å².